The Labute approximate surface area is 166 Å². The molecule has 2 aromatic carbocycles. The number of aliphatic imine (C=N–C) groups is 1. The molecular formula is C19H16Cl3NO3. The number of hydrogen-bond acceptors (Lipinski definition) is 4. The molecule has 4 nitrogen and oxygen atoms in total. The number of alkyl halides is 3. The summed E-state index contributed by atoms with van der Waals surface area (Å²) in [6.07, 6.45) is 1.87. The van der Waals surface area contributed by atoms with Gasteiger partial charge < -0.3 is 4.74 Å². The van der Waals surface area contributed by atoms with Crippen LogP contribution in [0.4, 0.5) is 5.69 Å². The van der Waals surface area contributed by atoms with Crippen molar-refractivity contribution in [2.24, 2.45) is 4.99 Å². The first-order valence-electron chi connectivity index (χ1n) is 7.79. The molecule has 0 fully saturated rings. The molecule has 2 rings (SSSR count). The van der Waals surface area contributed by atoms with E-state index in [0.717, 1.165) is 11.8 Å². The molecule has 2 aromatic rings. The lowest BCUT2D eigenvalue weighted by atomic mass is 10.0. The van der Waals surface area contributed by atoms with Gasteiger partial charge in [-0.15, -0.1) is 0 Å². The van der Waals surface area contributed by atoms with Crippen LogP contribution in [0.3, 0.4) is 0 Å². The van der Waals surface area contributed by atoms with Gasteiger partial charge in [-0.3, -0.25) is 4.79 Å². The Morgan fingerprint density at radius 2 is 1.65 bits per heavy atom. The molecule has 0 radical (unpaired) electrons. The molecule has 136 valence electrons. The zero-order valence-corrected chi connectivity index (χ0v) is 16.0. The first-order valence-corrected chi connectivity index (χ1v) is 8.92. The second kappa shape index (κ2) is 9.72. The fourth-order valence-electron chi connectivity index (χ4n) is 2.18. The number of para-hydroxylation sites is 1. The summed E-state index contributed by atoms with van der Waals surface area (Å²) in [7, 11) is 0. The molecule has 0 N–H and O–H groups in total. The number of esters is 1. The highest BCUT2D eigenvalue weighted by atomic mass is 35.6. The minimum Gasteiger partial charge on any atom is -0.457 e. The Balaban J connectivity index is 1.98. The molecule has 7 heteroatoms. The smallest absolute Gasteiger partial charge is 0.349 e. The zero-order valence-electron chi connectivity index (χ0n) is 13.7. The average molecular weight is 413 g/mol. The van der Waals surface area contributed by atoms with E-state index in [-0.39, 0.29) is 12.4 Å². The summed E-state index contributed by atoms with van der Waals surface area (Å²) in [6, 6.07) is 16.3. The number of carbonyl (C=O) groups is 2. The maximum atomic E-state index is 12.2. The highest BCUT2D eigenvalue weighted by Crippen LogP contribution is 2.26. The van der Waals surface area contributed by atoms with Gasteiger partial charge in [-0.1, -0.05) is 83.3 Å². The molecule has 0 atom stereocenters. The molecule has 26 heavy (non-hydrogen) atoms. The largest absolute Gasteiger partial charge is 0.457 e. The number of carbonyl (C=O) groups excluding carboxylic acids is 2. The van der Waals surface area contributed by atoms with E-state index in [1.54, 1.807) is 24.3 Å². The highest BCUT2D eigenvalue weighted by molar-refractivity contribution is 6.67. The molecule has 0 bridgehead atoms. The van der Waals surface area contributed by atoms with Crippen LogP contribution in [-0.4, -0.2) is 28.4 Å². The molecule has 0 unspecified atom stereocenters. The number of hydrogen-bond donors (Lipinski definition) is 0. The molecule has 0 saturated heterocycles. The molecule has 0 aromatic heterocycles. The van der Waals surface area contributed by atoms with Gasteiger partial charge in [0, 0.05) is 12.0 Å². The van der Waals surface area contributed by atoms with Gasteiger partial charge in [0.15, 0.2) is 5.78 Å². The Hall–Kier alpha value is -1.88. The van der Waals surface area contributed by atoms with Gasteiger partial charge in [0.05, 0.1) is 5.69 Å². The van der Waals surface area contributed by atoms with Crippen molar-refractivity contribution in [3.05, 3.63) is 65.7 Å². The molecule has 0 spiro atoms. The predicted octanol–water partition coefficient (Wildman–Crippen LogP) is 5.12. The van der Waals surface area contributed by atoms with Crippen LogP contribution in [0.2, 0.25) is 0 Å². The second-order valence-electron chi connectivity index (χ2n) is 5.40. The minimum absolute atomic E-state index is 0.0477. The van der Waals surface area contributed by atoms with Crippen molar-refractivity contribution >= 4 is 58.5 Å². The average Bonchev–Trinajstić information content (AvgIpc) is 2.63. The van der Waals surface area contributed by atoms with Crippen LogP contribution in [0.15, 0.2) is 59.6 Å². The molecule has 0 aliphatic carbocycles. The van der Waals surface area contributed by atoms with Gasteiger partial charge >= 0.3 is 5.97 Å². The Morgan fingerprint density at radius 3 is 2.35 bits per heavy atom. The van der Waals surface area contributed by atoms with Crippen LogP contribution in [0.1, 0.15) is 22.3 Å². The van der Waals surface area contributed by atoms with Gasteiger partial charge in [0.2, 0.25) is 3.79 Å². The maximum Gasteiger partial charge on any atom is 0.349 e. The monoisotopic (exact) mass is 411 g/mol. The third kappa shape index (κ3) is 7.16. The van der Waals surface area contributed by atoms with Crippen molar-refractivity contribution < 1.29 is 14.3 Å². The van der Waals surface area contributed by atoms with Gasteiger partial charge in [0.1, 0.15) is 12.8 Å². The number of halogens is 3. The summed E-state index contributed by atoms with van der Waals surface area (Å²) in [5.41, 5.74) is 2.10. The van der Waals surface area contributed by atoms with Crippen molar-refractivity contribution in [2.45, 2.75) is 16.6 Å². The molecule has 0 aliphatic rings. The number of benzene rings is 2. The van der Waals surface area contributed by atoms with E-state index in [0.29, 0.717) is 24.1 Å². The Morgan fingerprint density at radius 1 is 1.00 bits per heavy atom. The Bertz CT molecular complexity index is 786. The van der Waals surface area contributed by atoms with E-state index >= 15 is 0 Å². The third-order valence-corrected chi connectivity index (χ3v) is 3.72. The Kier molecular flexibility index (Phi) is 7.64. The molecular weight excluding hydrogens is 397 g/mol. The third-order valence-electron chi connectivity index (χ3n) is 3.40. The summed E-state index contributed by atoms with van der Waals surface area (Å²) in [5.74, 6) is -0.669. The maximum absolute atomic E-state index is 12.2. The zero-order chi connectivity index (χ0) is 19.0. The molecule has 0 amide bonds. The quantitative estimate of drug-likeness (QED) is 0.274. The highest BCUT2D eigenvalue weighted by Gasteiger charge is 2.21. The van der Waals surface area contributed by atoms with Crippen LogP contribution in [-0.2, 0) is 16.0 Å². The number of ether oxygens (including phenoxy) is 1. The van der Waals surface area contributed by atoms with Crippen LogP contribution in [0, 0.1) is 0 Å². The lowest BCUT2D eigenvalue weighted by molar-refractivity contribution is -0.134. The summed E-state index contributed by atoms with van der Waals surface area (Å²) in [6.45, 7) is -0.365. The van der Waals surface area contributed by atoms with Gasteiger partial charge in [0.25, 0.3) is 0 Å². The van der Waals surface area contributed by atoms with Crippen molar-refractivity contribution in [1.29, 1.82) is 0 Å². The topological polar surface area (TPSA) is 55.7 Å². The lowest BCUT2D eigenvalue weighted by Gasteiger charge is -2.09. The van der Waals surface area contributed by atoms with Gasteiger partial charge in [-0.25, -0.2) is 9.79 Å². The second-order valence-corrected chi connectivity index (χ2v) is 7.92. The van der Waals surface area contributed by atoms with Crippen LogP contribution >= 0.6 is 34.8 Å². The number of ketones is 1. The van der Waals surface area contributed by atoms with Gasteiger partial charge in [-0.2, -0.15) is 0 Å². The predicted molar refractivity (Wildman–Crippen MR) is 105 cm³/mol. The molecule has 0 heterocycles. The van der Waals surface area contributed by atoms with Crippen molar-refractivity contribution in [1.82, 2.24) is 0 Å². The summed E-state index contributed by atoms with van der Waals surface area (Å²) < 4.78 is 3.12. The summed E-state index contributed by atoms with van der Waals surface area (Å²) in [4.78, 5) is 28.0. The van der Waals surface area contributed by atoms with Crippen molar-refractivity contribution in [3.8, 4) is 0 Å². The molecule has 0 saturated carbocycles. The number of Topliss-reactive ketones (excluding diaryl/α,β-unsaturated/α-hetero) is 1. The van der Waals surface area contributed by atoms with Crippen molar-refractivity contribution in [3.63, 3.8) is 0 Å². The normalized spacial score (nSPS) is 11.5. The number of aryl methyl sites for hydroxylation is 1. The van der Waals surface area contributed by atoms with E-state index in [2.05, 4.69) is 4.99 Å². The van der Waals surface area contributed by atoms with E-state index < -0.39 is 9.76 Å². The van der Waals surface area contributed by atoms with E-state index in [1.165, 1.54) is 0 Å². The van der Waals surface area contributed by atoms with Crippen LogP contribution < -0.4 is 0 Å². The number of rotatable bonds is 7. The van der Waals surface area contributed by atoms with Crippen LogP contribution in [0.5, 0.6) is 0 Å². The minimum atomic E-state index is -1.67. The lowest BCUT2D eigenvalue weighted by Crippen LogP contribution is -2.17. The van der Waals surface area contributed by atoms with E-state index in [4.69, 9.17) is 39.5 Å². The molecule has 0 aliphatic heterocycles. The summed E-state index contributed by atoms with van der Waals surface area (Å²) in [5, 5.41) is 0. The number of nitrogens with zero attached hydrogens (tertiary/aromatic N) is 1. The van der Waals surface area contributed by atoms with E-state index in [1.807, 2.05) is 30.3 Å². The van der Waals surface area contributed by atoms with E-state index in [9.17, 15) is 9.59 Å². The standard InChI is InChI=1S/C19H16Cl3NO3/c20-19(21,22)13-26-18(25)12-23-16-9-5-4-6-14(16)10-11-17(24)15-7-2-1-3-8-15/h1-9,12H,10-11,13H2/b23-12+. The van der Waals surface area contributed by atoms with Crippen molar-refractivity contribution in [2.75, 3.05) is 6.61 Å². The summed E-state index contributed by atoms with van der Waals surface area (Å²) >= 11 is 16.6. The van der Waals surface area contributed by atoms with Crippen LogP contribution in [0.25, 0.3) is 0 Å². The SMILES string of the molecule is O=C(/C=N/c1ccccc1CCC(=O)c1ccccc1)OCC(Cl)(Cl)Cl. The first kappa shape index (κ1) is 20.4. The fourth-order valence-corrected chi connectivity index (χ4v) is 2.34. The van der Waals surface area contributed by atoms with Gasteiger partial charge in [-0.05, 0) is 18.1 Å². The fraction of sp³-hybridized carbons (Fsp3) is 0.211. The first-order chi connectivity index (χ1) is 12.3.